The lowest BCUT2D eigenvalue weighted by molar-refractivity contribution is -0.137. The van der Waals surface area contributed by atoms with Gasteiger partial charge in [-0.15, -0.1) is 21.5 Å². The highest BCUT2D eigenvalue weighted by atomic mass is 32.1. The lowest BCUT2D eigenvalue weighted by Crippen LogP contribution is -2.55. The largest absolute Gasteiger partial charge is 0.345 e. The van der Waals surface area contributed by atoms with E-state index in [-0.39, 0.29) is 5.92 Å². The average molecular weight is 320 g/mol. The minimum Gasteiger partial charge on any atom is -0.345 e. The molecule has 4 rings (SSSR count). The highest BCUT2D eigenvalue weighted by Gasteiger charge is 2.37. The first-order chi connectivity index (χ1) is 10.2. The maximum Gasteiger partial charge on any atom is 0.229 e. The first-order valence-corrected chi connectivity index (χ1v) is 8.79. The number of rotatable bonds is 2. The first kappa shape index (κ1) is 13.2. The summed E-state index contributed by atoms with van der Waals surface area (Å²) < 4.78 is 0. The second-order valence-corrected chi connectivity index (χ2v) is 7.75. The summed E-state index contributed by atoms with van der Waals surface area (Å²) in [7, 11) is 0. The summed E-state index contributed by atoms with van der Waals surface area (Å²) in [6.07, 6.45) is 1.00. The van der Waals surface area contributed by atoms with Crippen LogP contribution in [-0.4, -0.2) is 40.6 Å². The third kappa shape index (κ3) is 2.34. The van der Waals surface area contributed by atoms with Crippen molar-refractivity contribution < 1.29 is 4.79 Å². The molecule has 0 aromatic carbocycles. The van der Waals surface area contributed by atoms with Crippen LogP contribution in [0.3, 0.4) is 0 Å². The molecule has 1 fully saturated rings. The van der Waals surface area contributed by atoms with Gasteiger partial charge in [0.25, 0.3) is 0 Å². The van der Waals surface area contributed by atoms with Crippen molar-refractivity contribution in [3.8, 4) is 0 Å². The molecule has 2 aliphatic rings. The molecule has 0 saturated carbocycles. The second-order valence-electron chi connectivity index (χ2n) is 5.58. The summed E-state index contributed by atoms with van der Waals surface area (Å²) in [6.45, 7) is 5.16. The van der Waals surface area contributed by atoms with E-state index in [9.17, 15) is 4.79 Å². The Hall–Kier alpha value is -1.47. The van der Waals surface area contributed by atoms with Gasteiger partial charge >= 0.3 is 0 Å². The van der Waals surface area contributed by atoms with E-state index in [2.05, 4.69) is 26.5 Å². The number of nitrogens with zero attached hydrogens (tertiary/aromatic N) is 4. The predicted molar refractivity (Wildman–Crippen MR) is 83.8 cm³/mol. The molecule has 2 aromatic rings. The van der Waals surface area contributed by atoms with Gasteiger partial charge in [-0.25, -0.2) is 0 Å². The number of aromatic nitrogens is 2. The third-order valence-corrected chi connectivity index (χ3v) is 6.06. The Bertz CT molecular complexity index is 674. The van der Waals surface area contributed by atoms with Crippen LogP contribution in [0.15, 0.2) is 11.4 Å². The molecule has 7 heteroatoms. The summed E-state index contributed by atoms with van der Waals surface area (Å²) in [5.74, 6) is 0.415. The molecule has 0 aliphatic carbocycles. The van der Waals surface area contributed by atoms with E-state index in [1.807, 2.05) is 23.2 Å². The van der Waals surface area contributed by atoms with Crippen LogP contribution in [0.5, 0.6) is 0 Å². The van der Waals surface area contributed by atoms with E-state index in [0.29, 0.717) is 5.91 Å². The first-order valence-electron chi connectivity index (χ1n) is 7.10. The van der Waals surface area contributed by atoms with Gasteiger partial charge in [0, 0.05) is 31.1 Å². The van der Waals surface area contributed by atoms with Crippen molar-refractivity contribution in [2.24, 2.45) is 5.92 Å². The van der Waals surface area contributed by atoms with Crippen LogP contribution in [0, 0.1) is 12.8 Å². The van der Waals surface area contributed by atoms with Crippen LogP contribution in [0.4, 0.5) is 5.13 Å². The van der Waals surface area contributed by atoms with Crippen molar-refractivity contribution in [1.29, 1.82) is 0 Å². The minimum atomic E-state index is 0.120. The van der Waals surface area contributed by atoms with Gasteiger partial charge < -0.3 is 9.80 Å². The Morgan fingerprint density at radius 2 is 2.24 bits per heavy atom. The number of fused-ring (bicyclic) bond motifs is 1. The average Bonchev–Trinajstić information content (AvgIpc) is 3.05. The summed E-state index contributed by atoms with van der Waals surface area (Å²) in [4.78, 5) is 18.2. The summed E-state index contributed by atoms with van der Waals surface area (Å²) >= 11 is 3.40. The van der Waals surface area contributed by atoms with Crippen molar-refractivity contribution in [3.05, 3.63) is 26.9 Å². The van der Waals surface area contributed by atoms with Crippen LogP contribution >= 0.6 is 22.7 Å². The van der Waals surface area contributed by atoms with Crippen LogP contribution < -0.4 is 4.90 Å². The smallest absolute Gasteiger partial charge is 0.229 e. The number of amides is 1. The van der Waals surface area contributed by atoms with Gasteiger partial charge in [0.15, 0.2) is 0 Å². The Kier molecular flexibility index (Phi) is 3.19. The van der Waals surface area contributed by atoms with Gasteiger partial charge in [0.2, 0.25) is 11.0 Å². The Morgan fingerprint density at radius 1 is 1.38 bits per heavy atom. The number of carbonyl (C=O) groups is 1. The molecule has 2 aliphatic heterocycles. The molecule has 0 N–H and O–H groups in total. The van der Waals surface area contributed by atoms with E-state index in [0.717, 1.165) is 42.7 Å². The van der Waals surface area contributed by atoms with Gasteiger partial charge in [-0.2, -0.15) is 0 Å². The van der Waals surface area contributed by atoms with Crippen LogP contribution in [0.2, 0.25) is 0 Å². The maximum absolute atomic E-state index is 12.6. The lowest BCUT2D eigenvalue weighted by Gasteiger charge is -2.41. The zero-order chi connectivity index (χ0) is 14.4. The van der Waals surface area contributed by atoms with E-state index >= 15 is 0 Å². The number of carbonyl (C=O) groups excluding carboxylic acids is 1. The number of anilines is 1. The molecular formula is C14H16N4OS2. The van der Waals surface area contributed by atoms with Crippen LogP contribution in [0.25, 0.3) is 0 Å². The Labute approximate surface area is 131 Å². The molecule has 110 valence electrons. The van der Waals surface area contributed by atoms with E-state index in [1.54, 1.807) is 11.3 Å². The molecule has 5 nitrogen and oxygen atoms in total. The summed E-state index contributed by atoms with van der Waals surface area (Å²) in [5, 5.41) is 12.2. The molecule has 0 spiro atoms. The van der Waals surface area contributed by atoms with Gasteiger partial charge in [0.05, 0.1) is 5.92 Å². The Morgan fingerprint density at radius 3 is 3.00 bits per heavy atom. The van der Waals surface area contributed by atoms with Crippen LogP contribution in [-0.2, 0) is 17.8 Å². The number of hydrogen-bond donors (Lipinski definition) is 0. The monoisotopic (exact) mass is 320 g/mol. The number of aryl methyl sites for hydroxylation is 1. The molecule has 21 heavy (non-hydrogen) atoms. The standard InChI is InChI=1S/C14H16N4OS2/c1-9-15-16-14(21-9)18-7-11(8-18)13(19)17-4-2-12-10(6-17)3-5-20-12/h3,5,11H,2,4,6-8H2,1H3. The van der Waals surface area contributed by atoms with E-state index in [1.165, 1.54) is 10.4 Å². The number of thiophene rings is 1. The molecule has 0 radical (unpaired) electrons. The molecule has 1 amide bonds. The molecule has 0 bridgehead atoms. The van der Waals surface area contributed by atoms with Gasteiger partial charge in [-0.05, 0) is 30.4 Å². The molecule has 1 saturated heterocycles. The van der Waals surface area contributed by atoms with Gasteiger partial charge in [0.1, 0.15) is 5.01 Å². The topological polar surface area (TPSA) is 49.3 Å². The van der Waals surface area contributed by atoms with Gasteiger partial charge in [-0.3, -0.25) is 4.79 Å². The molecule has 4 heterocycles. The lowest BCUT2D eigenvalue weighted by atomic mass is 9.97. The SMILES string of the molecule is Cc1nnc(N2CC(C(=O)N3CCc4sccc4C3)C2)s1. The van der Waals surface area contributed by atoms with Gasteiger partial charge in [-0.1, -0.05) is 11.3 Å². The van der Waals surface area contributed by atoms with Crippen LogP contribution in [0.1, 0.15) is 15.4 Å². The molecule has 0 unspecified atom stereocenters. The minimum absolute atomic E-state index is 0.120. The third-order valence-electron chi connectivity index (χ3n) is 4.14. The normalized spacial score (nSPS) is 18.5. The fraction of sp³-hybridized carbons (Fsp3) is 0.500. The second kappa shape index (κ2) is 5.06. The zero-order valence-electron chi connectivity index (χ0n) is 11.8. The van der Waals surface area contributed by atoms with Crippen molar-refractivity contribution in [2.75, 3.05) is 24.5 Å². The van der Waals surface area contributed by atoms with Crippen molar-refractivity contribution in [3.63, 3.8) is 0 Å². The fourth-order valence-corrected chi connectivity index (χ4v) is 4.50. The maximum atomic E-state index is 12.6. The highest BCUT2D eigenvalue weighted by Crippen LogP contribution is 2.30. The van der Waals surface area contributed by atoms with E-state index in [4.69, 9.17) is 0 Å². The predicted octanol–water partition coefficient (Wildman–Crippen LogP) is 1.93. The zero-order valence-corrected chi connectivity index (χ0v) is 13.4. The Balaban J connectivity index is 1.37. The van der Waals surface area contributed by atoms with Crippen molar-refractivity contribution in [2.45, 2.75) is 19.9 Å². The van der Waals surface area contributed by atoms with E-state index < -0.39 is 0 Å². The van der Waals surface area contributed by atoms with Crippen molar-refractivity contribution in [1.82, 2.24) is 15.1 Å². The quantitative estimate of drug-likeness (QED) is 0.848. The number of hydrogen-bond acceptors (Lipinski definition) is 6. The molecular weight excluding hydrogens is 304 g/mol. The molecule has 0 atom stereocenters. The highest BCUT2D eigenvalue weighted by molar-refractivity contribution is 7.15. The summed E-state index contributed by atoms with van der Waals surface area (Å²) in [6, 6.07) is 2.15. The summed E-state index contributed by atoms with van der Waals surface area (Å²) in [5.41, 5.74) is 1.33. The van der Waals surface area contributed by atoms with Crippen molar-refractivity contribution >= 4 is 33.7 Å². The fourth-order valence-electron chi connectivity index (χ4n) is 2.90. The molecule has 2 aromatic heterocycles.